The Kier molecular flexibility index (Phi) is 5.49. The molecule has 1 N–H and O–H groups in total. The Morgan fingerprint density at radius 1 is 1.41 bits per heavy atom. The summed E-state index contributed by atoms with van der Waals surface area (Å²) in [6, 6.07) is 9.66. The van der Waals surface area contributed by atoms with Crippen LogP contribution in [0.15, 0.2) is 30.3 Å². The van der Waals surface area contributed by atoms with Crippen LogP contribution in [0.1, 0.15) is 6.92 Å². The third kappa shape index (κ3) is 4.07. The van der Waals surface area contributed by atoms with Gasteiger partial charge in [0, 0.05) is 19.3 Å². The summed E-state index contributed by atoms with van der Waals surface area (Å²) >= 11 is 0. The zero-order chi connectivity index (χ0) is 12.7. The van der Waals surface area contributed by atoms with Gasteiger partial charge in [0.25, 0.3) is 0 Å². The van der Waals surface area contributed by atoms with Crippen molar-refractivity contribution in [1.29, 1.82) is 0 Å². The molecule has 0 radical (unpaired) electrons. The standard InChI is InChI=1S/C13H20N2O2/c1-4-14-12(13(16)17-3)10-15(2)11-8-6-5-7-9-11/h5-9,12,14H,4,10H2,1-3H3. The van der Waals surface area contributed by atoms with E-state index in [2.05, 4.69) is 5.32 Å². The van der Waals surface area contributed by atoms with Gasteiger partial charge in [-0.3, -0.25) is 4.79 Å². The molecule has 0 heterocycles. The largest absolute Gasteiger partial charge is 0.468 e. The van der Waals surface area contributed by atoms with Gasteiger partial charge in [0.1, 0.15) is 6.04 Å². The van der Waals surface area contributed by atoms with Crippen LogP contribution < -0.4 is 10.2 Å². The van der Waals surface area contributed by atoms with Crippen molar-refractivity contribution in [3.05, 3.63) is 30.3 Å². The number of rotatable bonds is 6. The molecule has 17 heavy (non-hydrogen) atoms. The number of likely N-dealkylation sites (N-methyl/N-ethyl adjacent to an activating group) is 2. The minimum absolute atomic E-state index is 0.227. The molecular weight excluding hydrogens is 216 g/mol. The Balaban J connectivity index is 2.64. The van der Waals surface area contributed by atoms with Crippen LogP contribution in [-0.4, -0.2) is 39.3 Å². The summed E-state index contributed by atoms with van der Waals surface area (Å²) in [6.45, 7) is 3.30. The van der Waals surface area contributed by atoms with Crippen LogP contribution in [-0.2, 0) is 9.53 Å². The molecule has 0 aliphatic carbocycles. The first-order valence-electron chi connectivity index (χ1n) is 5.76. The molecule has 1 rings (SSSR count). The number of hydrogen-bond acceptors (Lipinski definition) is 4. The van der Waals surface area contributed by atoms with Gasteiger partial charge in [-0.2, -0.15) is 0 Å². The maximum atomic E-state index is 11.6. The first-order valence-corrected chi connectivity index (χ1v) is 5.76. The lowest BCUT2D eigenvalue weighted by Crippen LogP contribution is -2.45. The molecule has 1 aromatic rings. The number of para-hydroxylation sites is 1. The molecule has 0 amide bonds. The molecule has 0 aliphatic rings. The lowest BCUT2D eigenvalue weighted by Gasteiger charge is -2.24. The Morgan fingerprint density at radius 2 is 2.06 bits per heavy atom. The lowest BCUT2D eigenvalue weighted by molar-refractivity contribution is -0.142. The summed E-state index contributed by atoms with van der Waals surface area (Å²) in [6.07, 6.45) is 0. The SMILES string of the molecule is CCNC(CN(C)c1ccccc1)C(=O)OC. The second kappa shape index (κ2) is 6.91. The van der Waals surface area contributed by atoms with E-state index in [1.807, 2.05) is 49.2 Å². The van der Waals surface area contributed by atoms with Crippen LogP contribution in [0.4, 0.5) is 5.69 Å². The van der Waals surface area contributed by atoms with Gasteiger partial charge in [-0.05, 0) is 18.7 Å². The normalized spacial score (nSPS) is 11.9. The summed E-state index contributed by atoms with van der Waals surface area (Å²) in [5.74, 6) is -0.227. The lowest BCUT2D eigenvalue weighted by atomic mass is 10.2. The van der Waals surface area contributed by atoms with Crippen molar-refractivity contribution in [1.82, 2.24) is 5.32 Å². The number of carbonyl (C=O) groups excluding carboxylic acids is 1. The van der Waals surface area contributed by atoms with Crippen molar-refractivity contribution in [3.63, 3.8) is 0 Å². The summed E-state index contributed by atoms with van der Waals surface area (Å²) < 4.78 is 4.77. The number of anilines is 1. The summed E-state index contributed by atoms with van der Waals surface area (Å²) in [4.78, 5) is 13.6. The molecule has 1 atom stereocenters. The van der Waals surface area contributed by atoms with Crippen molar-refractivity contribution in [2.45, 2.75) is 13.0 Å². The minimum Gasteiger partial charge on any atom is -0.468 e. The maximum absolute atomic E-state index is 11.6. The zero-order valence-corrected chi connectivity index (χ0v) is 10.6. The summed E-state index contributed by atoms with van der Waals surface area (Å²) in [7, 11) is 3.37. The fourth-order valence-corrected chi connectivity index (χ4v) is 1.67. The van der Waals surface area contributed by atoms with Crippen molar-refractivity contribution in [3.8, 4) is 0 Å². The van der Waals surface area contributed by atoms with E-state index in [9.17, 15) is 4.79 Å². The highest BCUT2D eigenvalue weighted by Crippen LogP contribution is 2.11. The van der Waals surface area contributed by atoms with E-state index in [-0.39, 0.29) is 12.0 Å². The molecule has 94 valence electrons. The first-order chi connectivity index (χ1) is 8.19. The van der Waals surface area contributed by atoms with Crippen molar-refractivity contribution < 1.29 is 9.53 Å². The monoisotopic (exact) mass is 236 g/mol. The Morgan fingerprint density at radius 3 is 2.59 bits per heavy atom. The molecule has 0 spiro atoms. The van der Waals surface area contributed by atoms with Gasteiger partial charge in [0.2, 0.25) is 0 Å². The Bertz CT molecular complexity index is 341. The van der Waals surface area contributed by atoms with Crippen LogP contribution in [0, 0.1) is 0 Å². The maximum Gasteiger partial charge on any atom is 0.324 e. The number of benzene rings is 1. The molecule has 1 unspecified atom stereocenters. The third-order valence-corrected chi connectivity index (χ3v) is 2.59. The smallest absolute Gasteiger partial charge is 0.324 e. The van der Waals surface area contributed by atoms with Gasteiger partial charge in [0.15, 0.2) is 0 Å². The molecule has 0 bridgehead atoms. The highest BCUT2D eigenvalue weighted by Gasteiger charge is 2.19. The second-order valence-corrected chi connectivity index (χ2v) is 3.85. The number of hydrogen-bond donors (Lipinski definition) is 1. The van der Waals surface area contributed by atoms with Gasteiger partial charge < -0.3 is 15.0 Å². The van der Waals surface area contributed by atoms with E-state index >= 15 is 0 Å². The highest BCUT2D eigenvalue weighted by atomic mass is 16.5. The van der Waals surface area contributed by atoms with Crippen molar-refractivity contribution >= 4 is 11.7 Å². The van der Waals surface area contributed by atoms with Crippen LogP contribution in [0.5, 0.6) is 0 Å². The van der Waals surface area contributed by atoms with Crippen LogP contribution in [0.2, 0.25) is 0 Å². The van der Waals surface area contributed by atoms with Gasteiger partial charge in [-0.15, -0.1) is 0 Å². The number of methoxy groups -OCH3 is 1. The van der Waals surface area contributed by atoms with Gasteiger partial charge in [-0.25, -0.2) is 0 Å². The first kappa shape index (κ1) is 13.5. The number of nitrogens with one attached hydrogen (secondary N) is 1. The fourth-order valence-electron chi connectivity index (χ4n) is 1.67. The van der Waals surface area contributed by atoms with Gasteiger partial charge >= 0.3 is 5.97 Å². The van der Waals surface area contributed by atoms with E-state index < -0.39 is 0 Å². The molecule has 0 aromatic heterocycles. The van der Waals surface area contributed by atoms with E-state index in [1.165, 1.54) is 7.11 Å². The van der Waals surface area contributed by atoms with Crippen LogP contribution in [0.3, 0.4) is 0 Å². The summed E-state index contributed by atoms with van der Waals surface area (Å²) in [5.41, 5.74) is 1.08. The Labute approximate surface area is 103 Å². The predicted octanol–water partition coefficient (Wildman–Crippen LogP) is 1.27. The van der Waals surface area contributed by atoms with Crippen molar-refractivity contribution in [2.75, 3.05) is 32.1 Å². The van der Waals surface area contributed by atoms with Crippen LogP contribution >= 0.6 is 0 Å². The predicted molar refractivity (Wildman–Crippen MR) is 69.2 cm³/mol. The van der Waals surface area contributed by atoms with Crippen molar-refractivity contribution in [2.24, 2.45) is 0 Å². The van der Waals surface area contributed by atoms with E-state index in [1.54, 1.807) is 0 Å². The average Bonchev–Trinajstić information content (AvgIpc) is 2.38. The molecular formula is C13H20N2O2. The van der Waals surface area contributed by atoms with Crippen LogP contribution in [0.25, 0.3) is 0 Å². The van der Waals surface area contributed by atoms with Gasteiger partial charge in [-0.1, -0.05) is 25.1 Å². The fraction of sp³-hybridized carbons (Fsp3) is 0.462. The topological polar surface area (TPSA) is 41.6 Å². The average molecular weight is 236 g/mol. The highest BCUT2D eigenvalue weighted by molar-refractivity contribution is 5.76. The molecule has 4 nitrogen and oxygen atoms in total. The van der Waals surface area contributed by atoms with E-state index in [0.29, 0.717) is 6.54 Å². The molecule has 0 fully saturated rings. The molecule has 0 saturated carbocycles. The van der Waals surface area contributed by atoms with E-state index in [0.717, 1.165) is 12.2 Å². The number of nitrogens with zero attached hydrogens (tertiary/aromatic N) is 1. The molecule has 0 saturated heterocycles. The number of esters is 1. The molecule has 4 heteroatoms. The number of ether oxygens (including phenoxy) is 1. The quantitative estimate of drug-likeness (QED) is 0.755. The summed E-state index contributed by atoms with van der Waals surface area (Å²) in [5, 5.41) is 3.12. The number of carbonyl (C=O) groups is 1. The van der Waals surface area contributed by atoms with Gasteiger partial charge in [0.05, 0.1) is 7.11 Å². The minimum atomic E-state index is -0.296. The molecule has 0 aliphatic heterocycles. The van der Waals surface area contributed by atoms with E-state index in [4.69, 9.17) is 4.74 Å². The Hall–Kier alpha value is -1.55. The molecule has 1 aromatic carbocycles. The zero-order valence-electron chi connectivity index (χ0n) is 10.6. The third-order valence-electron chi connectivity index (χ3n) is 2.59. The second-order valence-electron chi connectivity index (χ2n) is 3.85.